The highest BCUT2D eigenvalue weighted by molar-refractivity contribution is 7.90. The third kappa shape index (κ3) is 5.31. The van der Waals surface area contributed by atoms with E-state index in [-0.39, 0.29) is 21.3 Å². The number of amides is 2. The Balaban J connectivity index is 2.07. The van der Waals surface area contributed by atoms with Crippen LogP contribution in [0.15, 0.2) is 53.4 Å². The molecule has 10 nitrogen and oxygen atoms in total. The summed E-state index contributed by atoms with van der Waals surface area (Å²) in [5.74, 6) is -1.49. The van der Waals surface area contributed by atoms with Crippen LogP contribution in [-0.4, -0.2) is 30.3 Å². The van der Waals surface area contributed by atoms with Gasteiger partial charge in [0.15, 0.2) is 5.11 Å². The van der Waals surface area contributed by atoms with Gasteiger partial charge >= 0.3 is 0 Å². The molecule has 0 unspecified atom stereocenters. The van der Waals surface area contributed by atoms with Gasteiger partial charge in [0.05, 0.1) is 9.82 Å². The maximum absolute atomic E-state index is 12.2. The number of hydrogen-bond donors (Lipinski definition) is 3. The fourth-order valence-electron chi connectivity index (χ4n) is 2.12. The molecule has 0 aromatic heterocycles. The fraction of sp³-hybridized carbons (Fsp3) is 0.0625. The highest BCUT2D eigenvalue weighted by atomic mass is 32.2. The number of carbonyl (C=O) groups excluding carboxylic acids is 2. The zero-order valence-electron chi connectivity index (χ0n) is 14.3. The summed E-state index contributed by atoms with van der Waals surface area (Å²) in [5, 5.41) is 15.8. The zero-order valence-corrected chi connectivity index (χ0v) is 16.0. The maximum atomic E-state index is 12.2. The quantitative estimate of drug-likeness (QED) is 0.373. The second-order valence-electron chi connectivity index (χ2n) is 5.37. The molecule has 2 rings (SSSR count). The van der Waals surface area contributed by atoms with E-state index in [1.54, 1.807) is 0 Å². The molecule has 12 heteroatoms. The Labute approximate surface area is 165 Å². The Morgan fingerprint density at radius 2 is 1.68 bits per heavy atom. The predicted molar refractivity (Wildman–Crippen MR) is 104 cm³/mol. The van der Waals surface area contributed by atoms with E-state index in [0.717, 1.165) is 6.92 Å². The number of benzene rings is 2. The number of anilines is 1. The topological polar surface area (TPSA) is 148 Å². The van der Waals surface area contributed by atoms with Crippen molar-refractivity contribution in [2.75, 3.05) is 5.32 Å². The first kappa shape index (κ1) is 20.9. The number of nitrogens with zero attached hydrogens (tertiary/aromatic N) is 1. The molecule has 0 spiro atoms. The van der Waals surface area contributed by atoms with Crippen LogP contribution >= 0.6 is 12.2 Å². The number of sulfonamides is 1. The molecular formula is C16H14N4O6S2. The number of rotatable bonds is 5. The summed E-state index contributed by atoms with van der Waals surface area (Å²) in [6, 6.07) is 10.6. The Bertz CT molecular complexity index is 1050. The molecule has 0 heterocycles. The van der Waals surface area contributed by atoms with Gasteiger partial charge in [-0.3, -0.25) is 25.0 Å². The van der Waals surface area contributed by atoms with E-state index in [1.165, 1.54) is 48.5 Å². The molecule has 0 saturated heterocycles. The first-order chi connectivity index (χ1) is 13.1. The van der Waals surface area contributed by atoms with Crippen molar-refractivity contribution in [2.24, 2.45) is 0 Å². The summed E-state index contributed by atoms with van der Waals surface area (Å²) >= 11 is 5.00. The summed E-state index contributed by atoms with van der Waals surface area (Å²) < 4.78 is 25.6. The number of nitro groups is 1. The number of nitrogens with one attached hydrogen (secondary N) is 3. The lowest BCUT2D eigenvalue weighted by Gasteiger charge is -2.10. The van der Waals surface area contributed by atoms with Gasteiger partial charge in [0, 0.05) is 18.7 Å². The lowest BCUT2D eigenvalue weighted by Crippen LogP contribution is -2.34. The normalized spacial score (nSPS) is 10.6. The lowest BCUT2D eigenvalue weighted by molar-refractivity contribution is -0.385. The van der Waals surface area contributed by atoms with E-state index in [4.69, 9.17) is 12.2 Å². The third-order valence-electron chi connectivity index (χ3n) is 3.27. The molecular weight excluding hydrogens is 408 g/mol. The van der Waals surface area contributed by atoms with Crippen LogP contribution in [0.2, 0.25) is 0 Å². The van der Waals surface area contributed by atoms with E-state index in [2.05, 4.69) is 10.6 Å². The molecule has 0 saturated carbocycles. The van der Waals surface area contributed by atoms with Gasteiger partial charge in [-0.2, -0.15) is 0 Å². The summed E-state index contributed by atoms with van der Waals surface area (Å²) in [5.41, 5.74) is -0.168. The highest BCUT2D eigenvalue weighted by Gasteiger charge is 2.20. The molecule has 0 bridgehead atoms. The van der Waals surface area contributed by atoms with Gasteiger partial charge in [-0.25, -0.2) is 13.1 Å². The van der Waals surface area contributed by atoms with Crippen LogP contribution in [0.4, 0.5) is 11.4 Å². The molecule has 146 valence electrons. The first-order valence-electron chi connectivity index (χ1n) is 7.59. The fourth-order valence-corrected chi connectivity index (χ4v) is 3.32. The predicted octanol–water partition coefficient (Wildman–Crippen LogP) is 1.55. The van der Waals surface area contributed by atoms with Crippen LogP contribution in [0.5, 0.6) is 0 Å². The molecule has 0 fully saturated rings. The van der Waals surface area contributed by atoms with Crippen molar-refractivity contribution in [1.82, 2.24) is 10.0 Å². The number of carbonyl (C=O) groups is 2. The Hall–Kier alpha value is -3.38. The molecule has 3 N–H and O–H groups in total. The number of hydrogen-bond acceptors (Lipinski definition) is 7. The van der Waals surface area contributed by atoms with E-state index in [1.807, 2.05) is 4.72 Å². The van der Waals surface area contributed by atoms with E-state index < -0.39 is 26.8 Å². The van der Waals surface area contributed by atoms with Crippen molar-refractivity contribution in [3.05, 3.63) is 64.2 Å². The van der Waals surface area contributed by atoms with Crippen LogP contribution in [0.1, 0.15) is 17.3 Å². The van der Waals surface area contributed by atoms with Crippen LogP contribution in [0.3, 0.4) is 0 Å². The number of nitro benzene ring substituents is 1. The Morgan fingerprint density at radius 1 is 1.07 bits per heavy atom. The average molecular weight is 422 g/mol. The molecule has 0 atom stereocenters. The van der Waals surface area contributed by atoms with Crippen LogP contribution < -0.4 is 15.4 Å². The van der Waals surface area contributed by atoms with E-state index >= 15 is 0 Å². The largest absolute Gasteiger partial charge is 0.332 e. The molecule has 2 amide bonds. The van der Waals surface area contributed by atoms with Gasteiger partial charge in [-0.05, 0) is 42.5 Å². The van der Waals surface area contributed by atoms with Crippen LogP contribution in [-0.2, 0) is 14.8 Å². The van der Waals surface area contributed by atoms with Gasteiger partial charge in [0.2, 0.25) is 5.91 Å². The molecule has 2 aromatic rings. The van der Waals surface area contributed by atoms with E-state index in [9.17, 15) is 28.1 Å². The van der Waals surface area contributed by atoms with Crippen LogP contribution in [0, 0.1) is 10.1 Å². The maximum Gasteiger partial charge on any atom is 0.282 e. The zero-order chi connectivity index (χ0) is 20.9. The average Bonchev–Trinajstić information content (AvgIpc) is 2.61. The standard InChI is InChI=1S/C16H14N4O6S2/c1-10(21)19-28(25,26)12-8-6-11(7-9-12)17-16(27)18-15(22)13-4-2-3-5-14(13)20(23)24/h2-9H,1H3,(H,19,21)(H2,17,18,22,27). The second kappa shape index (κ2) is 8.54. The van der Waals surface area contributed by atoms with Gasteiger partial charge in [-0.1, -0.05) is 12.1 Å². The van der Waals surface area contributed by atoms with Crippen molar-refractivity contribution in [2.45, 2.75) is 11.8 Å². The third-order valence-corrected chi connectivity index (χ3v) is 4.93. The number of thiocarbonyl (C=S) groups is 1. The highest BCUT2D eigenvalue weighted by Crippen LogP contribution is 2.18. The molecule has 0 radical (unpaired) electrons. The molecule has 0 aliphatic rings. The van der Waals surface area contributed by atoms with Crippen molar-refractivity contribution in [3.63, 3.8) is 0 Å². The SMILES string of the molecule is CC(=O)NS(=O)(=O)c1ccc(NC(=S)NC(=O)c2ccccc2[N+](=O)[O-])cc1. The van der Waals surface area contributed by atoms with E-state index in [0.29, 0.717) is 5.69 Å². The molecule has 28 heavy (non-hydrogen) atoms. The summed E-state index contributed by atoms with van der Waals surface area (Å²) in [4.78, 5) is 33.3. The molecule has 0 aliphatic carbocycles. The Kier molecular flexibility index (Phi) is 6.38. The number of para-hydroxylation sites is 1. The summed E-state index contributed by atoms with van der Waals surface area (Å²) in [6.45, 7) is 1.08. The van der Waals surface area contributed by atoms with Gasteiger partial charge < -0.3 is 5.32 Å². The minimum Gasteiger partial charge on any atom is -0.332 e. The monoisotopic (exact) mass is 422 g/mol. The second-order valence-corrected chi connectivity index (χ2v) is 7.46. The Morgan fingerprint density at radius 3 is 2.25 bits per heavy atom. The lowest BCUT2D eigenvalue weighted by atomic mass is 10.1. The van der Waals surface area contributed by atoms with Crippen LogP contribution in [0.25, 0.3) is 0 Å². The molecule has 0 aliphatic heterocycles. The van der Waals surface area contributed by atoms with Gasteiger partial charge in [0.1, 0.15) is 5.56 Å². The first-order valence-corrected chi connectivity index (χ1v) is 9.48. The minimum atomic E-state index is -3.97. The van der Waals surface area contributed by atoms with Crippen molar-refractivity contribution in [1.29, 1.82) is 0 Å². The summed E-state index contributed by atoms with van der Waals surface area (Å²) in [6.07, 6.45) is 0. The van der Waals surface area contributed by atoms with Gasteiger partial charge in [-0.15, -0.1) is 0 Å². The smallest absolute Gasteiger partial charge is 0.282 e. The molecule has 2 aromatic carbocycles. The van der Waals surface area contributed by atoms with Crippen molar-refractivity contribution >= 4 is 50.5 Å². The minimum absolute atomic E-state index is 0.136. The van der Waals surface area contributed by atoms with Crippen molar-refractivity contribution < 1.29 is 22.9 Å². The van der Waals surface area contributed by atoms with Gasteiger partial charge in [0.25, 0.3) is 21.6 Å². The summed E-state index contributed by atoms with van der Waals surface area (Å²) in [7, 11) is -3.97. The van der Waals surface area contributed by atoms with Crippen molar-refractivity contribution in [3.8, 4) is 0 Å².